The minimum absolute atomic E-state index is 0.00176. The molecule has 0 saturated carbocycles. The quantitative estimate of drug-likeness (QED) is 0.683. The summed E-state index contributed by atoms with van der Waals surface area (Å²) in [6.45, 7) is 0. The first-order chi connectivity index (χ1) is 8.79. The highest BCUT2D eigenvalue weighted by molar-refractivity contribution is 7.80. The lowest BCUT2D eigenvalue weighted by Gasteiger charge is -2.05. The van der Waals surface area contributed by atoms with Gasteiger partial charge in [-0.1, -0.05) is 12.2 Å². The number of thiocarbonyl (C=S) groups is 1. The van der Waals surface area contributed by atoms with Gasteiger partial charge in [0.15, 0.2) is 0 Å². The molecule has 3 nitrogen and oxygen atoms in total. The monoisotopic (exact) mass is 289 g/mol. The Morgan fingerprint density at radius 2 is 2.00 bits per heavy atom. The summed E-state index contributed by atoms with van der Waals surface area (Å²) in [5, 5.41) is 3.48. The number of benzene rings is 1. The number of hydrogen-bond acceptors (Lipinski definition) is 2. The Kier molecular flexibility index (Phi) is 3.27. The maximum atomic E-state index is 13.7. The van der Waals surface area contributed by atoms with E-state index in [-0.39, 0.29) is 10.7 Å². The van der Waals surface area contributed by atoms with Crippen LogP contribution in [0.5, 0.6) is 0 Å². The van der Waals surface area contributed by atoms with Crippen molar-refractivity contribution in [1.29, 1.82) is 0 Å². The van der Waals surface area contributed by atoms with Gasteiger partial charge in [-0.25, -0.2) is 9.07 Å². The van der Waals surface area contributed by atoms with Gasteiger partial charge in [0, 0.05) is 11.8 Å². The van der Waals surface area contributed by atoms with Gasteiger partial charge in [0.25, 0.3) is 0 Å². The molecule has 2 aromatic rings. The summed E-state index contributed by atoms with van der Waals surface area (Å²) >= 11 is 4.67. The molecule has 19 heavy (non-hydrogen) atoms. The Morgan fingerprint density at radius 3 is 2.47 bits per heavy atom. The average molecular weight is 289 g/mol. The summed E-state index contributed by atoms with van der Waals surface area (Å²) in [7, 11) is 0. The molecule has 100 valence electrons. The van der Waals surface area contributed by atoms with E-state index in [1.165, 1.54) is 12.1 Å². The molecule has 0 aliphatic rings. The van der Waals surface area contributed by atoms with Crippen molar-refractivity contribution in [2.75, 3.05) is 0 Å². The van der Waals surface area contributed by atoms with E-state index >= 15 is 0 Å². The molecule has 0 unspecified atom stereocenters. The fourth-order valence-corrected chi connectivity index (χ4v) is 1.57. The van der Waals surface area contributed by atoms with Crippen LogP contribution in [0.2, 0.25) is 0 Å². The summed E-state index contributed by atoms with van der Waals surface area (Å²) in [6, 6.07) is 3.72. The first kappa shape index (κ1) is 13.5. The molecule has 0 fully saturated rings. The third kappa shape index (κ3) is 2.73. The van der Waals surface area contributed by atoms with E-state index in [1.54, 1.807) is 0 Å². The molecule has 1 aromatic carbocycles. The van der Waals surface area contributed by atoms with Crippen LogP contribution in [0.1, 0.15) is 11.1 Å². The summed E-state index contributed by atoms with van der Waals surface area (Å²) < 4.78 is 51.8. The van der Waals surface area contributed by atoms with Gasteiger partial charge in [-0.15, -0.1) is 0 Å². The van der Waals surface area contributed by atoms with Crippen LogP contribution in [0, 0.1) is 5.82 Å². The standard InChI is InChI=1S/C11H7F4N3S/c12-8-3-6(10(16)19)1-2-9(8)18-5-7(4-17-18)11(13,14)15/h1-5H,(H2,16,19). The molecule has 0 atom stereocenters. The zero-order valence-electron chi connectivity index (χ0n) is 9.28. The van der Waals surface area contributed by atoms with Crippen molar-refractivity contribution >= 4 is 17.2 Å². The number of nitrogens with zero attached hydrogens (tertiary/aromatic N) is 2. The number of halogens is 4. The van der Waals surface area contributed by atoms with Crippen LogP contribution in [-0.2, 0) is 6.18 Å². The molecule has 0 spiro atoms. The first-order valence-corrected chi connectivity index (χ1v) is 5.41. The van der Waals surface area contributed by atoms with Crippen molar-refractivity contribution in [2.24, 2.45) is 5.73 Å². The molecule has 1 heterocycles. The Labute approximate surface area is 110 Å². The maximum Gasteiger partial charge on any atom is 0.419 e. The maximum absolute atomic E-state index is 13.7. The molecule has 2 N–H and O–H groups in total. The molecule has 0 aliphatic heterocycles. The van der Waals surface area contributed by atoms with Crippen LogP contribution in [0.25, 0.3) is 5.69 Å². The van der Waals surface area contributed by atoms with Gasteiger partial charge in [0.2, 0.25) is 0 Å². The van der Waals surface area contributed by atoms with Gasteiger partial charge >= 0.3 is 6.18 Å². The lowest BCUT2D eigenvalue weighted by atomic mass is 10.2. The normalized spacial score (nSPS) is 11.6. The van der Waals surface area contributed by atoms with Crippen molar-refractivity contribution in [2.45, 2.75) is 6.18 Å². The third-order valence-corrected chi connectivity index (χ3v) is 2.62. The van der Waals surface area contributed by atoms with E-state index in [0.29, 0.717) is 18.0 Å². The second-order valence-corrected chi connectivity index (χ2v) is 4.14. The minimum atomic E-state index is -4.52. The van der Waals surface area contributed by atoms with E-state index in [9.17, 15) is 17.6 Å². The summed E-state index contributed by atoms with van der Waals surface area (Å²) in [5.41, 5.74) is 4.55. The number of aromatic nitrogens is 2. The molecule has 0 saturated heterocycles. The van der Waals surface area contributed by atoms with Gasteiger partial charge in [-0.3, -0.25) is 0 Å². The molecule has 0 radical (unpaired) electrons. The van der Waals surface area contributed by atoms with Crippen molar-refractivity contribution in [1.82, 2.24) is 9.78 Å². The summed E-state index contributed by atoms with van der Waals surface area (Å²) in [4.78, 5) is 0.00176. The molecule has 2 rings (SSSR count). The second-order valence-electron chi connectivity index (χ2n) is 3.70. The molecule has 0 bridgehead atoms. The van der Waals surface area contributed by atoms with Crippen LogP contribution >= 0.6 is 12.2 Å². The van der Waals surface area contributed by atoms with Crippen molar-refractivity contribution in [3.8, 4) is 5.69 Å². The minimum Gasteiger partial charge on any atom is -0.389 e. The second kappa shape index (κ2) is 4.61. The van der Waals surface area contributed by atoms with Gasteiger partial charge < -0.3 is 5.73 Å². The fourth-order valence-electron chi connectivity index (χ4n) is 1.45. The highest BCUT2D eigenvalue weighted by Crippen LogP contribution is 2.29. The summed E-state index contributed by atoms with van der Waals surface area (Å²) in [5.74, 6) is -0.762. The summed E-state index contributed by atoms with van der Waals surface area (Å²) in [6.07, 6.45) is -3.19. The van der Waals surface area contributed by atoms with Gasteiger partial charge in [0.1, 0.15) is 16.5 Å². The van der Waals surface area contributed by atoms with Gasteiger partial charge in [-0.2, -0.15) is 18.3 Å². The van der Waals surface area contributed by atoms with Crippen LogP contribution in [0.4, 0.5) is 17.6 Å². The first-order valence-electron chi connectivity index (χ1n) is 5.00. The number of rotatable bonds is 2. The van der Waals surface area contributed by atoms with E-state index in [4.69, 9.17) is 5.73 Å². The zero-order chi connectivity index (χ0) is 14.2. The lowest BCUT2D eigenvalue weighted by molar-refractivity contribution is -0.137. The largest absolute Gasteiger partial charge is 0.419 e. The predicted octanol–water partition coefficient (Wildman–Crippen LogP) is 2.66. The SMILES string of the molecule is NC(=S)c1ccc(-n2cc(C(F)(F)F)cn2)c(F)c1. The van der Waals surface area contributed by atoms with Crippen LogP contribution in [0.3, 0.4) is 0 Å². The Balaban J connectivity index is 2.43. The lowest BCUT2D eigenvalue weighted by Crippen LogP contribution is -2.10. The van der Waals surface area contributed by atoms with E-state index < -0.39 is 17.6 Å². The van der Waals surface area contributed by atoms with Crippen molar-refractivity contribution < 1.29 is 17.6 Å². The average Bonchev–Trinajstić information content (AvgIpc) is 2.77. The highest BCUT2D eigenvalue weighted by atomic mass is 32.1. The molecule has 0 aliphatic carbocycles. The fraction of sp³-hybridized carbons (Fsp3) is 0.0909. The van der Waals surface area contributed by atoms with Gasteiger partial charge in [-0.05, 0) is 18.2 Å². The Bertz CT molecular complexity index is 633. The highest BCUT2D eigenvalue weighted by Gasteiger charge is 2.32. The number of alkyl halides is 3. The molecule has 8 heteroatoms. The zero-order valence-corrected chi connectivity index (χ0v) is 10.1. The number of nitrogens with two attached hydrogens (primary N) is 1. The van der Waals surface area contributed by atoms with E-state index in [0.717, 1.165) is 10.7 Å². The molecular weight excluding hydrogens is 282 g/mol. The third-order valence-electron chi connectivity index (χ3n) is 2.39. The predicted molar refractivity (Wildman–Crippen MR) is 64.4 cm³/mol. The molecule has 0 amide bonds. The molecular formula is C11H7F4N3S. The number of hydrogen-bond donors (Lipinski definition) is 1. The van der Waals surface area contributed by atoms with Crippen LogP contribution in [0.15, 0.2) is 30.6 Å². The van der Waals surface area contributed by atoms with E-state index in [2.05, 4.69) is 17.3 Å². The van der Waals surface area contributed by atoms with Crippen LogP contribution in [-0.4, -0.2) is 14.8 Å². The Morgan fingerprint density at radius 1 is 1.32 bits per heavy atom. The smallest absolute Gasteiger partial charge is 0.389 e. The van der Waals surface area contributed by atoms with Crippen LogP contribution < -0.4 is 5.73 Å². The van der Waals surface area contributed by atoms with Gasteiger partial charge in [0.05, 0.1) is 11.8 Å². The Hall–Kier alpha value is -1.96. The topological polar surface area (TPSA) is 43.8 Å². The van der Waals surface area contributed by atoms with Crippen molar-refractivity contribution in [3.63, 3.8) is 0 Å². The van der Waals surface area contributed by atoms with Crippen molar-refractivity contribution in [3.05, 3.63) is 47.5 Å². The molecule has 1 aromatic heterocycles. The van der Waals surface area contributed by atoms with E-state index in [1.807, 2.05) is 0 Å².